The molecule has 0 aromatic heterocycles. The summed E-state index contributed by atoms with van der Waals surface area (Å²) < 4.78 is 0. The number of hydrazine groups is 1. The van der Waals surface area contributed by atoms with Gasteiger partial charge in [-0.2, -0.15) is 0 Å². The SMILES string of the molecule is CCN(CCN)[N+]([O-])=NO. The van der Waals surface area contributed by atoms with E-state index in [0.717, 1.165) is 0 Å². The number of hydrogen-bond donors (Lipinski definition) is 2. The van der Waals surface area contributed by atoms with Gasteiger partial charge >= 0.3 is 0 Å². The Balaban J connectivity index is 3.80. The highest BCUT2D eigenvalue weighted by atomic mass is 16.6. The van der Waals surface area contributed by atoms with E-state index in [1.165, 1.54) is 5.01 Å². The zero-order valence-electron chi connectivity index (χ0n) is 5.90. The van der Waals surface area contributed by atoms with Crippen molar-refractivity contribution in [1.29, 1.82) is 0 Å². The van der Waals surface area contributed by atoms with Gasteiger partial charge in [0.25, 0.3) is 0 Å². The first-order chi connectivity index (χ1) is 4.76. The summed E-state index contributed by atoms with van der Waals surface area (Å²) in [4.78, 5) is 0.118. The third-order valence-corrected chi connectivity index (χ3v) is 1.07. The van der Waals surface area contributed by atoms with Crippen molar-refractivity contribution in [2.24, 2.45) is 11.0 Å². The molecular formula is C4H12N4O2. The first-order valence-corrected chi connectivity index (χ1v) is 3.03. The van der Waals surface area contributed by atoms with Gasteiger partial charge in [0.2, 0.25) is 5.28 Å². The second-order valence-electron chi connectivity index (χ2n) is 1.68. The van der Waals surface area contributed by atoms with Crippen LogP contribution < -0.4 is 5.73 Å². The van der Waals surface area contributed by atoms with E-state index in [1.807, 2.05) is 0 Å². The highest BCUT2D eigenvalue weighted by Crippen LogP contribution is 1.86. The molecule has 0 saturated carbocycles. The Morgan fingerprint density at radius 1 is 1.80 bits per heavy atom. The third kappa shape index (κ3) is 2.49. The number of likely N-dealkylation sites (N-methyl/N-ethyl adjacent to an activating group) is 1. The molecule has 0 amide bonds. The summed E-state index contributed by atoms with van der Waals surface area (Å²) in [5, 5.41) is 22.2. The van der Waals surface area contributed by atoms with Crippen LogP contribution in [0, 0.1) is 5.21 Å². The Morgan fingerprint density at radius 3 is 2.70 bits per heavy atom. The van der Waals surface area contributed by atoms with Crippen molar-refractivity contribution in [2.45, 2.75) is 6.92 Å². The lowest BCUT2D eigenvalue weighted by Crippen LogP contribution is -2.34. The van der Waals surface area contributed by atoms with Crippen LogP contribution >= 0.6 is 0 Å². The Labute approximate surface area is 59.1 Å². The lowest BCUT2D eigenvalue weighted by molar-refractivity contribution is -0.708. The maximum absolute atomic E-state index is 10.5. The Hall–Kier alpha value is -1.04. The molecule has 0 aromatic rings. The summed E-state index contributed by atoms with van der Waals surface area (Å²) in [6, 6.07) is 0. The zero-order chi connectivity index (χ0) is 7.98. The van der Waals surface area contributed by atoms with Crippen LogP contribution in [-0.4, -0.2) is 34.8 Å². The molecule has 6 nitrogen and oxygen atoms in total. The molecule has 60 valence electrons. The number of rotatable bonds is 4. The summed E-state index contributed by atoms with van der Waals surface area (Å²) in [6.45, 7) is 3.00. The van der Waals surface area contributed by atoms with Gasteiger partial charge in [0, 0.05) is 6.54 Å². The van der Waals surface area contributed by atoms with E-state index in [-0.39, 0.29) is 4.97 Å². The Kier molecular flexibility index (Phi) is 4.30. The number of nitrogens with zero attached hydrogens (tertiary/aromatic N) is 3. The van der Waals surface area contributed by atoms with E-state index in [2.05, 4.69) is 5.28 Å². The minimum absolute atomic E-state index is 0.118. The van der Waals surface area contributed by atoms with Crippen molar-refractivity contribution in [3.8, 4) is 0 Å². The molecule has 0 heterocycles. The van der Waals surface area contributed by atoms with Crippen molar-refractivity contribution >= 4 is 0 Å². The largest absolute Gasteiger partial charge is 0.569 e. The normalized spacial score (nSPS) is 11.6. The van der Waals surface area contributed by atoms with Crippen molar-refractivity contribution in [2.75, 3.05) is 19.6 Å². The smallest absolute Gasteiger partial charge is 0.230 e. The molecule has 10 heavy (non-hydrogen) atoms. The first-order valence-electron chi connectivity index (χ1n) is 3.03. The molecular weight excluding hydrogens is 136 g/mol. The minimum atomic E-state index is 0.118. The van der Waals surface area contributed by atoms with Crippen LogP contribution in [-0.2, 0) is 0 Å². The van der Waals surface area contributed by atoms with Gasteiger partial charge in [-0.25, -0.2) is 0 Å². The lowest BCUT2D eigenvalue weighted by Gasteiger charge is -2.13. The van der Waals surface area contributed by atoms with Crippen LogP contribution in [0.1, 0.15) is 6.92 Å². The van der Waals surface area contributed by atoms with E-state index in [4.69, 9.17) is 10.9 Å². The van der Waals surface area contributed by atoms with Gasteiger partial charge in [-0.05, 0) is 6.92 Å². The quantitative estimate of drug-likeness (QED) is 0.320. The molecule has 0 aliphatic heterocycles. The average molecular weight is 148 g/mol. The molecule has 0 aliphatic carbocycles. The fourth-order valence-electron chi connectivity index (χ4n) is 0.570. The Bertz CT molecular complexity index is 116. The van der Waals surface area contributed by atoms with Crippen LogP contribution in [0.25, 0.3) is 0 Å². The summed E-state index contributed by atoms with van der Waals surface area (Å²) in [5.74, 6) is 0. The fraction of sp³-hybridized carbons (Fsp3) is 1.00. The van der Waals surface area contributed by atoms with Crippen molar-refractivity contribution < 1.29 is 10.2 Å². The van der Waals surface area contributed by atoms with Crippen LogP contribution in [0.5, 0.6) is 0 Å². The van der Waals surface area contributed by atoms with Gasteiger partial charge in [-0.1, -0.05) is 0 Å². The van der Waals surface area contributed by atoms with Crippen molar-refractivity contribution in [3.05, 3.63) is 5.21 Å². The summed E-state index contributed by atoms with van der Waals surface area (Å²) in [6.07, 6.45) is 0. The topological polar surface area (TPSA) is 87.9 Å². The lowest BCUT2D eigenvalue weighted by atomic mass is 10.6. The van der Waals surface area contributed by atoms with E-state index >= 15 is 0 Å². The number of hydrogen-bond acceptors (Lipinski definition) is 3. The number of nitrogens with two attached hydrogens (primary N) is 1. The molecule has 0 spiro atoms. The molecule has 0 rings (SSSR count). The molecule has 0 aromatic carbocycles. The van der Waals surface area contributed by atoms with Gasteiger partial charge in [-0.3, -0.25) is 0 Å². The fourth-order valence-corrected chi connectivity index (χ4v) is 0.570. The van der Waals surface area contributed by atoms with E-state index in [0.29, 0.717) is 19.6 Å². The molecule has 0 fully saturated rings. The van der Waals surface area contributed by atoms with Gasteiger partial charge < -0.3 is 16.1 Å². The molecule has 0 bridgehead atoms. The monoisotopic (exact) mass is 148 g/mol. The highest BCUT2D eigenvalue weighted by Gasteiger charge is 2.06. The highest BCUT2D eigenvalue weighted by molar-refractivity contribution is 4.39. The maximum atomic E-state index is 10.5. The first kappa shape index (κ1) is 8.96. The zero-order valence-corrected chi connectivity index (χ0v) is 5.90. The summed E-state index contributed by atoms with van der Waals surface area (Å²) in [7, 11) is 0. The second-order valence-corrected chi connectivity index (χ2v) is 1.68. The van der Waals surface area contributed by atoms with Crippen molar-refractivity contribution in [1.82, 2.24) is 5.01 Å². The minimum Gasteiger partial charge on any atom is -0.569 e. The molecule has 0 unspecified atom stereocenters. The van der Waals surface area contributed by atoms with Crippen LogP contribution in [0.4, 0.5) is 0 Å². The van der Waals surface area contributed by atoms with Crippen LogP contribution in [0.3, 0.4) is 0 Å². The van der Waals surface area contributed by atoms with E-state index in [1.54, 1.807) is 6.92 Å². The second kappa shape index (κ2) is 4.80. The van der Waals surface area contributed by atoms with Crippen LogP contribution in [0.15, 0.2) is 5.28 Å². The molecule has 0 atom stereocenters. The van der Waals surface area contributed by atoms with Gasteiger partial charge in [-0.15, -0.1) is 5.01 Å². The predicted molar refractivity (Wildman–Crippen MR) is 34.1 cm³/mol. The summed E-state index contributed by atoms with van der Waals surface area (Å²) in [5.41, 5.74) is 5.17. The summed E-state index contributed by atoms with van der Waals surface area (Å²) >= 11 is 0. The predicted octanol–water partition coefficient (Wildman–Crippen LogP) is -0.466. The van der Waals surface area contributed by atoms with Crippen molar-refractivity contribution in [3.63, 3.8) is 0 Å². The van der Waals surface area contributed by atoms with Gasteiger partial charge in [0.1, 0.15) is 0 Å². The van der Waals surface area contributed by atoms with Crippen LogP contribution in [0.2, 0.25) is 0 Å². The molecule has 3 N–H and O–H groups in total. The maximum Gasteiger partial charge on any atom is 0.230 e. The Morgan fingerprint density at radius 2 is 2.40 bits per heavy atom. The van der Waals surface area contributed by atoms with Gasteiger partial charge in [0.05, 0.1) is 18.1 Å². The van der Waals surface area contributed by atoms with Gasteiger partial charge in [0.15, 0.2) is 0 Å². The molecule has 6 heteroatoms. The average Bonchev–Trinajstić information content (AvgIpc) is 1.99. The standard InChI is InChI=1S/C4H12N4O2/c1-2-7(4-3-5)8(10)6-9/h9H,2-5H2,1H3. The van der Waals surface area contributed by atoms with E-state index in [9.17, 15) is 5.21 Å². The molecule has 0 saturated heterocycles. The van der Waals surface area contributed by atoms with E-state index < -0.39 is 0 Å². The molecule has 0 aliphatic rings. The third-order valence-electron chi connectivity index (χ3n) is 1.07. The molecule has 0 radical (unpaired) electrons.